The van der Waals surface area contributed by atoms with Gasteiger partial charge in [-0.15, -0.1) is 10.2 Å². The van der Waals surface area contributed by atoms with Gasteiger partial charge in [0.2, 0.25) is 11.8 Å². The van der Waals surface area contributed by atoms with Crippen LogP contribution in [0, 0.1) is 5.92 Å². The Morgan fingerprint density at radius 2 is 2.26 bits per heavy atom. The molecule has 1 aliphatic heterocycles. The number of carbonyl (C=O) groups excluding carboxylic acids is 2. The fourth-order valence-corrected chi connectivity index (χ4v) is 3.73. The van der Waals surface area contributed by atoms with Crippen LogP contribution in [0.4, 0.5) is 0 Å². The second-order valence-corrected chi connectivity index (χ2v) is 7.47. The molecule has 2 aromatic rings. The van der Waals surface area contributed by atoms with Crippen molar-refractivity contribution in [2.45, 2.75) is 25.0 Å². The summed E-state index contributed by atoms with van der Waals surface area (Å²) in [6, 6.07) is 7.12. The molecule has 1 fully saturated rings. The highest BCUT2D eigenvalue weighted by Crippen LogP contribution is 2.26. The number of ether oxygens (including phenoxy) is 1. The third kappa shape index (κ3) is 5.23. The number of amides is 1. The van der Waals surface area contributed by atoms with Crippen molar-refractivity contribution in [3.8, 4) is 11.5 Å². The zero-order valence-electron chi connectivity index (χ0n) is 14.9. The van der Waals surface area contributed by atoms with Gasteiger partial charge in [-0.25, -0.2) is 0 Å². The zero-order valence-corrected chi connectivity index (χ0v) is 16.5. The molecule has 3 rings (SSSR count). The Hall–Kier alpha value is -2.06. The fourth-order valence-electron chi connectivity index (χ4n) is 2.88. The molecule has 1 amide bonds. The molecule has 1 saturated heterocycles. The highest BCUT2D eigenvalue weighted by Gasteiger charge is 2.29. The van der Waals surface area contributed by atoms with Gasteiger partial charge in [0.1, 0.15) is 0 Å². The number of piperidine rings is 1. The van der Waals surface area contributed by atoms with Crippen LogP contribution in [0.2, 0.25) is 5.02 Å². The number of hydrogen-bond donors (Lipinski definition) is 0. The first-order valence-corrected chi connectivity index (χ1v) is 10.1. The van der Waals surface area contributed by atoms with Crippen molar-refractivity contribution < 1.29 is 18.7 Å². The maximum atomic E-state index is 12.5. The highest BCUT2D eigenvalue weighted by molar-refractivity contribution is 7.99. The summed E-state index contributed by atoms with van der Waals surface area (Å²) in [5.74, 6) is -0.00675. The molecule has 0 saturated carbocycles. The molecule has 1 unspecified atom stereocenters. The maximum Gasteiger partial charge on any atom is 0.310 e. The molecule has 1 atom stereocenters. The van der Waals surface area contributed by atoms with Crippen molar-refractivity contribution in [3.63, 3.8) is 0 Å². The number of likely N-dealkylation sites (tertiary alicyclic amines) is 1. The smallest absolute Gasteiger partial charge is 0.310 e. The highest BCUT2D eigenvalue weighted by atomic mass is 35.5. The zero-order chi connectivity index (χ0) is 19.2. The Morgan fingerprint density at radius 1 is 1.41 bits per heavy atom. The minimum absolute atomic E-state index is 0.0588. The van der Waals surface area contributed by atoms with E-state index < -0.39 is 0 Å². The van der Waals surface area contributed by atoms with Crippen molar-refractivity contribution in [2.75, 3.05) is 25.4 Å². The predicted molar refractivity (Wildman–Crippen MR) is 101 cm³/mol. The number of thioether (sulfide) groups is 1. The Kier molecular flexibility index (Phi) is 6.73. The molecule has 7 nitrogen and oxygen atoms in total. The van der Waals surface area contributed by atoms with Crippen LogP contribution in [-0.4, -0.2) is 52.4 Å². The van der Waals surface area contributed by atoms with Crippen LogP contribution in [0.3, 0.4) is 0 Å². The molecule has 1 aromatic heterocycles. The number of carbonyl (C=O) groups is 2. The van der Waals surface area contributed by atoms with Gasteiger partial charge in [-0.1, -0.05) is 29.4 Å². The van der Waals surface area contributed by atoms with E-state index in [2.05, 4.69) is 10.2 Å². The van der Waals surface area contributed by atoms with E-state index in [0.717, 1.165) is 18.4 Å². The normalized spacial score (nSPS) is 17.0. The summed E-state index contributed by atoms with van der Waals surface area (Å²) in [6.07, 6.45) is 1.54. The largest absolute Gasteiger partial charge is 0.466 e. The molecule has 2 heterocycles. The van der Waals surface area contributed by atoms with Crippen molar-refractivity contribution in [1.29, 1.82) is 0 Å². The number of benzene rings is 1. The minimum Gasteiger partial charge on any atom is -0.466 e. The van der Waals surface area contributed by atoms with Crippen molar-refractivity contribution in [3.05, 3.63) is 29.3 Å². The van der Waals surface area contributed by atoms with Gasteiger partial charge in [0.05, 0.1) is 18.3 Å². The Bertz CT molecular complexity index is 813. The van der Waals surface area contributed by atoms with Gasteiger partial charge < -0.3 is 14.1 Å². The Balaban J connectivity index is 1.54. The first-order valence-electron chi connectivity index (χ1n) is 8.73. The monoisotopic (exact) mass is 409 g/mol. The van der Waals surface area contributed by atoms with E-state index in [-0.39, 0.29) is 23.5 Å². The third-order valence-electron chi connectivity index (χ3n) is 4.19. The third-order valence-corrected chi connectivity index (χ3v) is 5.23. The average Bonchev–Trinajstić information content (AvgIpc) is 3.15. The second-order valence-electron chi connectivity index (χ2n) is 6.10. The quantitative estimate of drug-likeness (QED) is 0.534. The minimum atomic E-state index is -0.245. The first-order chi connectivity index (χ1) is 13.1. The van der Waals surface area contributed by atoms with Crippen LogP contribution in [0.15, 0.2) is 33.9 Å². The molecular formula is C18H20ClN3O4S. The summed E-state index contributed by atoms with van der Waals surface area (Å²) in [6.45, 7) is 3.18. The summed E-state index contributed by atoms with van der Waals surface area (Å²) in [7, 11) is 0. The molecule has 27 heavy (non-hydrogen) atoms. The molecular weight excluding hydrogens is 390 g/mol. The van der Waals surface area contributed by atoms with E-state index in [4.69, 9.17) is 20.8 Å². The average molecular weight is 410 g/mol. The summed E-state index contributed by atoms with van der Waals surface area (Å²) < 4.78 is 10.7. The van der Waals surface area contributed by atoms with E-state index in [1.165, 1.54) is 11.8 Å². The number of esters is 1. The van der Waals surface area contributed by atoms with Gasteiger partial charge in [-0.3, -0.25) is 9.59 Å². The summed E-state index contributed by atoms with van der Waals surface area (Å²) >= 11 is 7.15. The van der Waals surface area contributed by atoms with E-state index in [1.54, 1.807) is 30.0 Å². The maximum absolute atomic E-state index is 12.5. The molecule has 144 valence electrons. The van der Waals surface area contributed by atoms with E-state index in [9.17, 15) is 9.59 Å². The summed E-state index contributed by atoms with van der Waals surface area (Å²) in [4.78, 5) is 26.1. The molecule has 0 radical (unpaired) electrons. The SMILES string of the molecule is CCOC(=O)C1CCCN(C(=O)CSc2nnc(-c3cccc(Cl)c3)o2)C1. The van der Waals surface area contributed by atoms with E-state index in [0.29, 0.717) is 35.8 Å². The number of rotatable bonds is 6. The second kappa shape index (κ2) is 9.23. The lowest BCUT2D eigenvalue weighted by Gasteiger charge is -2.31. The molecule has 0 aliphatic carbocycles. The van der Waals surface area contributed by atoms with Crippen LogP contribution in [0.25, 0.3) is 11.5 Å². The van der Waals surface area contributed by atoms with Gasteiger partial charge in [0.15, 0.2) is 0 Å². The topological polar surface area (TPSA) is 85.5 Å². The Labute approximate surface area is 166 Å². The summed E-state index contributed by atoms with van der Waals surface area (Å²) in [5, 5.41) is 8.85. The molecule has 0 bridgehead atoms. The standard InChI is InChI=1S/C18H20ClN3O4S/c1-2-25-17(24)13-6-4-8-22(10-13)15(23)11-27-18-21-20-16(26-18)12-5-3-7-14(19)9-12/h3,5,7,9,13H,2,4,6,8,10-11H2,1H3. The fraction of sp³-hybridized carbons (Fsp3) is 0.444. The number of hydrogen-bond acceptors (Lipinski definition) is 7. The van der Waals surface area contributed by atoms with Gasteiger partial charge >= 0.3 is 5.97 Å². The van der Waals surface area contributed by atoms with Crippen LogP contribution in [0.5, 0.6) is 0 Å². The first kappa shape index (κ1) is 19.7. The Morgan fingerprint density at radius 3 is 3.04 bits per heavy atom. The van der Waals surface area contributed by atoms with E-state index >= 15 is 0 Å². The van der Waals surface area contributed by atoms with Gasteiger partial charge in [-0.2, -0.15) is 0 Å². The van der Waals surface area contributed by atoms with Crippen LogP contribution in [-0.2, 0) is 14.3 Å². The predicted octanol–water partition coefficient (Wildman–Crippen LogP) is 3.28. The van der Waals surface area contributed by atoms with Crippen molar-refractivity contribution in [2.24, 2.45) is 5.92 Å². The lowest BCUT2D eigenvalue weighted by Crippen LogP contribution is -2.43. The van der Waals surface area contributed by atoms with Crippen molar-refractivity contribution in [1.82, 2.24) is 15.1 Å². The molecule has 0 spiro atoms. The lowest BCUT2D eigenvalue weighted by atomic mass is 9.98. The van der Waals surface area contributed by atoms with Gasteiger partial charge in [-0.05, 0) is 38.0 Å². The van der Waals surface area contributed by atoms with E-state index in [1.807, 2.05) is 6.07 Å². The molecule has 0 N–H and O–H groups in total. The summed E-state index contributed by atoms with van der Waals surface area (Å²) in [5.41, 5.74) is 0.724. The van der Waals surface area contributed by atoms with Crippen LogP contribution >= 0.6 is 23.4 Å². The molecule has 9 heteroatoms. The number of halogens is 1. The number of aromatic nitrogens is 2. The van der Waals surface area contributed by atoms with Gasteiger partial charge in [0, 0.05) is 23.7 Å². The lowest BCUT2D eigenvalue weighted by molar-refractivity contribution is -0.151. The van der Waals surface area contributed by atoms with Crippen LogP contribution in [0.1, 0.15) is 19.8 Å². The number of nitrogens with zero attached hydrogens (tertiary/aromatic N) is 3. The molecule has 1 aliphatic rings. The van der Waals surface area contributed by atoms with Gasteiger partial charge in [0.25, 0.3) is 5.22 Å². The van der Waals surface area contributed by atoms with Crippen molar-refractivity contribution >= 4 is 35.2 Å². The van der Waals surface area contributed by atoms with Crippen LogP contribution < -0.4 is 0 Å². The molecule has 1 aromatic carbocycles.